The summed E-state index contributed by atoms with van der Waals surface area (Å²) in [5, 5.41) is 3.93. The Kier molecular flexibility index (Phi) is 5.55. The van der Waals surface area contributed by atoms with E-state index in [2.05, 4.69) is 33.0 Å². The van der Waals surface area contributed by atoms with Gasteiger partial charge in [0.1, 0.15) is 18.1 Å². The molecule has 6 heteroatoms. The van der Waals surface area contributed by atoms with Crippen molar-refractivity contribution < 1.29 is 13.9 Å². The van der Waals surface area contributed by atoms with Crippen molar-refractivity contribution in [3.8, 4) is 5.75 Å². The van der Waals surface area contributed by atoms with Crippen LogP contribution in [-0.2, 0) is 0 Å². The lowest BCUT2D eigenvalue weighted by Crippen LogP contribution is -2.16. The van der Waals surface area contributed by atoms with Gasteiger partial charge in [-0.3, -0.25) is 4.79 Å². The molecule has 1 amide bonds. The number of hydrogen-bond acceptors (Lipinski definition) is 4. The van der Waals surface area contributed by atoms with E-state index in [1.807, 2.05) is 18.2 Å². The monoisotopic (exact) mass is 362 g/mol. The van der Waals surface area contributed by atoms with E-state index in [0.29, 0.717) is 18.1 Å². The second-order valence-electron chi connectivity index (χ2n) is 4.39. The first-order valence-electron chi connectivity index (χ1n) is 6.53. The largest absolute Gasteiger partial charge is 0.489 e. The lowest BCUT2D eigenvalue weighted by atomic mass is 10.2. The smallest absolute Gasteiger partial charge is 0.307 e. The number of furan rings is 1. The van der Waals surface area contributed by atoms with E-state index in [4.69, 9.17) is 9.15 Å². The molecule has 1 aromatic heterocycles. The van der Waals surface area contributed by atoms with Crippen molar-refractivity contribution in [1.29, 1.82) is 0 Å². The molecule has 2 rings (SSSR count). The summed E-state index contributed by atoms with van der Waals surface area (Å²) in [6.07, 6.45) is 3.17. The summed E-state index contributed by atoms with van der Waals surface area (Å²) in [6.45, 7) is 5.77. The molecule has 0 fully saturated rings. The molecule has 0 atom stereocenters. The van der Waals surface area contributed by atoms with Crippen LogP contribution in [-0.4, -0.2) is 18.7 Å². The number of benzene rings is 1. The minimum Gasteiger partial charge on any atom is -0.489 e. The zero-order valence-corrected chi connectivity index (χ0v) is 13.6. The summed E-state index contributed by atoms with van der Waals surface area (Å²) in [4.78, 5) is 11.8. The second kappa shape index (κ2) is 7.61. The van der Waals surface area contributed by atoms with Crippen LogP contribution in [0, 0.1) is 6.92 Å². The zero-order valence-electron chi connectivity index (χ0n) is 12.0. The number of ether oxygens (including phenoxy) is 1. The fourth-order valence-corrected chi connectivity index (χ4v) is 2.05. The van der Waals surface area contributed by atoms with Gasteiger partial charge in [-0.05, 0) is 37.3 Å². The molecule has 0 aliphatic heterocycles. The molecule has 0 saturated heterocycles. The maximum absolute atomic E-state index is 11.8. The highest BCUT2D eigenvalue weighted by Crippen LogP contribution is 2.21. The number of nitrogens with one attached hydrogen (secondary N) is 1. The first-order chi connectivity index (χ1) is 10.6. The summed E-state index contributed by atoms with van der Waals surface area (Å²) in [6, 6.07) is 8.82. The van der Waals surface area contributed by atoms with E-state index in [1.165, 1.54) is 6.21 Å². The molecule has 5 nitrogen and oxygen atoms in total. The van der Waals surface area contributed by atoms with Crippen LogP contribution in [0.5, 0.6) is 5.75 Å². The van der Waals surface area contributed by atoms with Gasteiger partial charge in [-0.25, -0.2) is 5.43 Å². The van der Waals surface area contributed by atoms with Gasteiger partial charge in [-0.15, -0.1) is 0 Å². The highest BCUT2D eigenvalue weighted by atomic mass is 79.9. The third-order valence-electron chi connectivity index (χ3n) is 2.66. The van der Waals surface area contributed by atoms with E-state index in [9.17, 15) is 4.79 Å². The highest BCUT2D eigenvalue weighted by molar-refractivity contribution is 9.10. The van der Waals surface area contributed by atoms with Crippen molar-refractivity contribution in [2.45, 2.75) is 6.92 Å². The first kappa shape index (κ1) is 16.0. The fourth-order valence-electron chi connectivity index (χ4n) is 1.67. The topological polar surface area (TPSA) is 63.8 Å². The summed E-state index contributed by atoms with van der Waals surface area (Å²) in [5.74, 6) is 1.12. The average molecular weight is 363 g/mol. The van der Waals surface area contributed by atoms with Gasteiger partial charge in [-0.1, -0.05) is 28.6 Å². The Balaban J connectivity index is 2.07. The molecule has 22 heavy (non-hydrogen) atoms. The van der Waals surface area contributed by atoms with Crippen LogP contribution < -0.4 is 10.2 Å². The number of aryl methyl sites for hydroxylation is 1. The van der Waals surface area contributed by atoms with Crippen molar-refractivity contribution in [2.24, 2.45) is 5.10 Å². The van der Waals surface area contributed by atoms with E-state index in [1.54, 1.807) is 25.1 Å². The Labute approximate surface area is 136 Å². The van der Waals surface area contributed by atoms with E-state index in [0.717, 1.165) is 10.0 Å². The lowest BCUT2D eigenvalue weighted by Gasteiger charge is -2.07. The number of hydrogen-bond donors (Lipinski definition) is 1. The molecule has 0 spiro atoms. The van der Waals surface area contributed by atoms with Crippen LogP contribution >= 0.6 is 15.9 Å². The summed E-state index contributed by atoms with van der Waals surface area (Å²) >= 11 is 3.39. The maximum Gasteiger partial charge on any atom is 0.307 e. The molecular formula is C16H15BrN2O3. The minimum absolute atomic E-state index is 0.215. The molecule has 1 heterocycles. The predicted octanol–water partition coefficient (Wildman–Crippen LogP) is 3.68. The quantitative estimate of drug-likeness (QED) is 0.484. The van der Waals surface area contributed by atoms with Gasteiger partial charge < -0.3 is 9.15 Å². The van der Waals surface area contributed by atoms with Gasteiger partial charge in [-0.2, -0.15) is 5.10 Å². The SMILES string of the molecule is C=CCOc1ccc(Br)cc1/C=N\NC(=O)c1ccc(C)o1. The van der Waals surface area contributed by atoms with Crippen LogP contribution in [0.3, 0.4) is 0 Å². The minimum atomic E-state index is -0.409. The highest BCUT2D eigenvalue weighted by Gasteiger charge is 2.08. The fraction of sp³-hybridized carbons (Fsp3) is 0.125. The third-order valence-corrected chi connectivity index (χ3v) is 3.16. The number of hydrazone groups is 1. The number of carbonyl (C=O) groups excluding carboxylic acids is 1. The first-order valence-corrected chi connectivity index (χ1v) is 7.32. The van der Waals surface area contributed by atoms with Gasteiger partial charge in [0.2, 0.25) is 0 Å². The van der Waals surface area contributed by atoms with Gasteiger partial charge >= 0.3 is 5.91 Å². The molecule has 0 bridgehead atoms. The normalized spacial score (nSPS) is 10.6. The number of halogens is 1. The predicted molar refractivity (Wildman–Crippen MR) is 88.3 cm³/mol. The van der Waals surface area contributed by atoms with E-state index < -0.39 is 5.91 Å². The zero-order chi connectivity index (χ0) is 15.9. The Morgan fingerprint density at radius 1 is 1.45 bits per heavy atom. The van der Waals surface area contributed by atoms with Gasteiger partial charge in [0.05, 0.1) is 6.21 Å². The van der Waals surface area contributed by atoms with Crippen molar-refractivity contribution in [2.75, 3.05) is 6.61 Å². The average Bonchev–Trinajstić information content (AvgIpc) is 2.93. The summed E-state index contributed by atoms with van der Waals surface area (Å²) < 4.78 is 11.6. The molecule has 1 N–H and O–H groups in total. The number of nitrogens with zero attached hydrogens (tertiary/aromatic N) is 1. The van der Waals surface area contributed by atoms with Crippen LogP contribution in [0.25, 0.3) is 0 Å². The van der Waals surface area contributed by atoms with Gasteiger partial charge in [0, 0.05) is 10.0 Å². The number of rotatable bonds is 6. The summed E-state index contributed by atoms with van der Waals surface area (Å²) in [5.41, 5.74) is 3.14. The van der Waals surface area contributed by atoms with Crippen molar-refractivity contribution in [3.05, 3.63) is 64.5 Å². The van der Waals surface area contributed by atoms with Crippen molar-refractivity contribution in [1.82, 2.24) is 5.43 Å². The molecule has 0 saturated carbocycles. The molecule has 0 unspecified atom stereocenters. The Bertz CT molecular complexity index is 707. The van der Waals surface area contributed by atoms with Crippen molar-refractivity contribution >= 4 is 28.1 Å². The van der Waals surface area contributed by atoms with Gasteiger partial charge in [0.15, 0.2) is 5.76 Å². The van der Waals surface area contributed by atoms with Crippen LogP contribution in [0.15, 0.2) is 57.0 Å². The molecule has 2 aromatic rings. The molecule has 1 aromatic carbocycles. The standard InChI is InChI=1S/C16H15BrN2O3/c1-3-8-21-14-7-5-13(17)9-12(14)10-18-19-16(20)15-6-4-11(2)22-15/h3-7,9-10H,1,8H2,2H3,(H,19,20)/b18-10-. The molecule has 0 radical (unpaired) electrons. The van der Waals surface area contributed by atoms with Crippen LogP contribution in [0.1, 0.15) is 21.9 Å². The molecular weight excluding hydrogens is 348 g/mol. The maximum atomic E-state index is 11.8. The van der Waals surface area contributed by atoms with Gasteiger partial charge in [0.25, 0.3) is 0 Å². The number of carbonyl (C=O) groups is 1. The van der Waals surface area contributed by atoms with E-state index >= 15 is 0 Å². The molecule has 0 aliphatic carbocycles. The Morgan fingerprint density at radius 2 is 2.27 bits per heavy atom. The second-order valence-corrected chi connectivity index (χ2v) is 5.31. The molecule has 114 valence electrons. The van der Waals surface area contributed by atoms with Crippen molar-refractivity contribution in [3.63, 3.8) is 0 Å². The van der Waals surface area contributed by atoms with Crippen LogP contribution in [0.2, 0.25) is 0 Å². The number of amides is 1. The summed E-state index contributed by atoms with van der Waals surface area (Å²) in [7, 11) is 0. The van der Waals surface area contributed by atoms with Crippen LogP contribution in [0.4, 0.5) is 0 Å². The lowest BCUT2D eigenvalue weighted by molar-refractivity contribution is 0.0926. The molecule has 0 aliphatic rings. The Hall–Kier alpha value is -2.34. The van der Waals surface area contributed by atoms with E-state index in [-0.39, 0.29) is 5.76 Å². The third kappa shape index (κ3) is 4.33. The Morgan fingerprint density at radius 3 is 2.95 bits per heavy atom.